The number of hydrogen-bond donors (Lipinski definition) is 0. The Balaban J connectivity index is 0.00000129. The van der Waals surface area contributed by atoms with Gasteiger partial charge in [0, 0.05) is 38.5 Å². The lowest BCUT2D eigenvalue weighted by Crippen LogP contribution is -2.44. The maximum Gasteiger partial charge on any atom is 0.182 e. The number of carbonyl (C=O) groups excluding carboxylic acids is 1. The fourth-order valence-corrected chi connectivity index (χ4v) is 3.88. The molecule has 0 atom stereocenters. The minimum Gasteiger partial charge on any atom is -0.496 e. The first-order valence-corrected chi connectivity index (χ1v) is 11.7. The summed E-state index contributed by atoms with van der Waals surface area (Å²) in [6, 6.07) is 4.09. The zero-order chi connectivity index (χ0) is 25.1. The molecule has 3 rings (SSSR count). The van der Waals surface area contributed by atoms with E-state index in [2.05, 4.69) is 4.90 Å². The molecule has 1 aromatic carbocycles. The second-order valence-electron chi connectivity index (χ2n) is 7.53. The van der Waals surface area contributed by atoms with Gasteiger partial charge < -0.3 is 19.2 Å². The van der Waals surface area contributed by atoms with Crippen molar-refractivity contribution >= 4 is 19.5 Å². The third-order valence-electron chi connectivity index (χ3n) is 5.80. The predicted molar refractivity (Wildman–Crippen MR) is 138 cm³/mol. The zero-order valence-corrected chi connectivity index (χ0v) is 21.9. The van der Waals surface area contributed by atoms with Crippen molar-refractivity contribution in [2.24, 2.45) is 0 Å². The first-order valence-electron chi connectivity index (χ1n) is 11.7. The summed E-state index contributed by atoms with van der Waals surface area (Å²) in [5, 5.41) is 0. The van der Waals surface area contributed by atoms with Gasteiger partial charge in [0.25, 0.3) is 0 Å². The lowest BCUT2D eigenvalue weighted by atomic mass is 9.91. The third-order valence-corrected chi connectivity index (χ3v) is 5.80. The van der Waals surface area contributed by atoms with Crippen LogP contribution < -0.4 is 9.47 Å². The summed E-state index contributed by atoms with van der Waals surface area (Å²) >= 11 is 0. The number of allylic oxidation sites excluding steroid dienone is 3. The van der Waals surface area contributed by atoms with Crippen molar-refractivity contribution in [2.45, 2.75) is 48.1 Å². The highest BCUT2D eigenvalue weighted by Crippen LogP contribution is 2.39. The molecule has 7 heteroatoms. The summed E-state index contributed by atoms with van der Waals surface area (Å²) in [6.45, 7) is 16.2. The lowest BCUT2D eigenvalue weighted by molar-refractivity contribution is 0.181. The molecule has 1 fully saturated rings. The normalized spacial score (nSPS) is 16.7. The Hall–Kier alpha value is -2.47. The molecule has 0 aromatic heterocycles. The Morgan fingerprint density at radius 1 is 0.939 bits per heavy atom. The fourth-order valence-electron chi connectivity index (χ4n) is 3.88. The number of piperazine rings is 1. The van der Waals surface area contributed by atoms with Crippen LogP contribution in [0.3, 0.4) is 0 Å². The molecular formula is C26H40BN3O3. The number of hydrogen-bond acceptors (Lipinski definition) is 6. The minimum atomic E-state index is 0.556. The average Bonchev–Trinajstić information content (AvgIpc) is 2.85. The van der Waals surface area contributed by atoms with Crippen LogP contribution in [0.15, 0.2) is 35.2 Å². The fraction of sp³-hybridized carbons (Fsp3) is 0.538. The molecule has 0 amide bonds. The Morgan fingerprint density at radius 3 is 1.91 bits per heavy atom. The van der Waals surface area contributed by atoms with Crippen molar-refractivity contribution in [3.63, 3.8) is 0 Å². The van der Waals surface area contributed by atoms with Gasteiger partial charge in [0.1, 0.15) is 17.2 Å². The number of rotatable bonds is 5. The molecule has 0 spiro atoms. The van der Waals surface area contributed by atoms with E-state index in [0.717, 1.165) is 72.1 Å². The van der Waals surface area contributed by atoms with Crippen LogP contribution in [-0.4, -0.2) is 76.0 Å². The highest BCUT2D eigenvalue weighted by atomic mass is 16.5. The molecule has 2 radical (unpaired) electrons. The maximum absolute atomic E-state index is 11.3. The summed E-state index contributed by atoms with van der Waals surface area (Å²) < 4.78 is 11.5. The topological polar surface area (TPSA) is 45.2 Å². The molecule has 180 valence electrons. The Labute approximate surface area is 202 Å². The number of nitrogens with zero attached hydrogens (tertiary/aromatic N) is 3. The number of methoxy groups -OCH3 is 2. The molecular weight excluding hydrogens is 413 g/mol. The number of ether oxygens (including phenoxy) is 2. The van der Waals surface area contributed by atoms with E-state index in [1.807, 2.05) is 82.6 Å². The first-order chi connectivity index (χ1) is 15.9. The van der Waals surface area contributed by atoms with Gasteiger partial charge in [-0.05, 0) is 55.8 Å². The van der Waals surface area contributed by atoms with Crippen LogP contribution in [-0.2, 0) is 11.3 Å². The second-order valence-corrected chi connectivity index (χ2v) is 7.53. The standard InChI is InChI=1S/C22H28BN3O3.2C2H6/c1-15-16(2)20(14-27)24(3)12-18(15)17-10-21(28-4)19(22(11-17)29-5)13-25-6-8-26(23)9-7-25;2*1-2/h10-12H,6-9,13H2,1-5H3;2*1-2H3. The smallest absolute Gasteiger partial charge is 0.182 e. The Morgan fingerprint density at radius 2 is 1.45 bits per heavy atom. The number of likely N-dealkylation sites (N-methyl/N-ethyl adjacent to an activating group) is 1. The Bertz CT molecular complexity index is 871. The van der Waals surface area contributed by atoms with Crippen LogP contribution in [0, 0.1) is 0 Å². The van der Waals surface area contributed by atoms with Crippen LogP contribution in [0.4, 0.5) is 0 Å². The Kier molecular flexibility index (Phi) is 12.1. The maximum atomic E-state index is 11.3. The average molecular weight is 453 g/mol. The van der Waals surface area contributed by atoms with Gasteiger partial charge in [-0.15, -0.1) is 0 Å². The monoisotopic (exact) mass is 453 g/mol. The molecule has 0 saturated carbocycles. The quantitative estimate of drug-likeness (QED) is 0.490. The summed E-state index contributed by atoms with van der Waals surface area (Å²) in [5.41, 5.74) is 5.56. The van der Waals surface area contributed by atoms with Crippen LogP contribution in [0.2, 0.25) is 0 Å². The van der Waals surface area contributed by atoms with E-state index in [9.17, 15) is 4.79 Å². The second kappa shape index (κ2) is 13.9. The van der Waals surface area contributed by atoms with Crippen LogP contribution in [0.1, 0.15) is 52.7 Å². The highest BCUT2D eigenvalue weighted by Gasteiger charge is 2.23. The number of benzene rings is 1. The highest BCUT2D eigenvalue weighted by molar-refractivity contribution is 6.04. The molecule has 2 heterocycles. The van der Waals surface area contributed by atoms with E-state index < -0.39 is 0 Å². The summed E-state index contributed by atoms with van der Waals surface area (Å²) in [6.07, 6.45) is 1.96. The van der Waals surface area contributed by atoms with Gasteiger partial charge in [0.15, 0.2) is 13.9 Å². The third kappa shape index (κ3) is 6.76. The summed E-state index contributed by atoms with van der Waals surface area (Å²) in [4.78, 5) is 17.3. The lowest BCUT2D eigenvalue weighted by Gasteiger charge is -2.33. The van der Waals surface area contributed by atoms with E-state index in [-0.39, 0.29) is 0 Å². The van der Waals surface area contributed by atoms with Crippen molar-refractivity contribution in [1.29, 1.82) is 0 Å². The van der Waals surface area contributed by atoms with E-state index in [1.165, 1.54) is 0 Å². The van der Waals surface area contributed by atoms with Gasteiger partial charge in [-0.3, -0.25) is 4.90 Å². The molecule has 0 N–H and O–H groups in total. The SMILES string of the molecule is CC.CC.[B]N1CCN(Cc2c(OC)cc(C3=CN(C)C(=C=O)C(C)=C3C)cc2OC)CC1. The van der Waals surface area contributed by atoms with E-state index >= 15 is 0 Å². The van der Waals surface area contributed by atoms with Crippen LogP contribution >= 0.6 is 0 Å². The molecule has 6 nitrogen and oxygen atoms in total. The summed E-state index contributed by atoms with van der Waals surface area (Å²) in [7, 11) is 11.1. The van der Waals surface area contributed by atoms with E-state index in [1.54, 1.807) is 14.2 Å². The van der Waals surface area contributed by atoms with Gasteiger partial charge in [-0.2, -0.15) is 0 Å². The van der Waals surface area contributed by atoms with E-state index in [0.29, 0.717) is 5.70 Å². The molecule has 33 heavy (non-hydrogen) atoms. The van der Waals surface area contributed by atoms with Gasteiger partial charge in [0.05, 0.1) is 19.8 Å². The van der Waals surface area contributed by atoms with Crippen molar-refractivity contribution in [1.82, 2.24) is 14.6 Å². The molecule has 1 aromatic rings. The summed E-state index contributed by atoms with van der Waals surface area (Å²) in [5.74, 6) is 3.62. The van der Waals surface area contributed by atoms with Crippen LogP contribution in [0.25, 0.3) is 5.57 Å². The van der Waals surface area contributed by atoms with Crippen LogP contribution in [0.5, 0.6) is 11.5 Å². The van der Waals surface area contributed by atoms with Crippen molar-refractivity contribution in [2.75, 3.05) is 47.4 Å². The molecule has 0 bridgehead atoms. The van der Waals surface area contributed by atoms with Gasteiger partial charge in [-0.25, -0.2) is 4.79 Å². The first kappa shape index (κ1) is 28.6. The molecule has 0 unspecified atom stereocenters. The molecule has 2 aliphatic heterocycles. The van der Waals surface area contributed by atoms with Crippen molar-refractivity contribution in [3.05, 3.63) is 46.3 Å². The molecule has 0 aliphatic carbocycles. The molecule has 1 saturated heterocycles. The van der Waals surface area contributed by atoms with Crippen molar-refractivity contribution in [3.8, 4) is 11.5 Å². The largest absolute Gasteiger partial charge is 0.496 e. The van der Waals surface area contributed by atoms with Gasteiger partial charge in [0.2, 0.25) is 0 Å². The van der Waals surface area contributed by atoms with E-state index in [4.69, 9.17) is 17.5 Å². The van der Waals surface area contributed by atoms with Crippen molar-refractivity contribution < 1.29 is 14.3 Å². The van der Waals surface area contributed by atoms with Gasteiger partial charge in [-0.1, -0.05) is 27.7 Å². The molecule has 2 aliphatic rings. The minimum absolute atomic E-state index is 0.556. The van der Waals surface area contributed by atoms with Gasteiger partial charge >= 0.3 is 0 Å². The zero-order valence-electron chi connectivity index (χ0n) is 21.9. The predicted octanol–water partition coefficient (Wildman–Crippen LogP) is 4.30.